The molecule has 0 aromatic heterocycles. The van der Waals surface area contributed by atoms with E-state index in [2.05, 4.69) is 24.1 Å². The minimum atomic E-state index is 0.410. The quantitative estimate of drug-likeness (QED) is 0.826. The van der Waals surface area contributed by atoms with Gasteiger partial charge < -0.3 is 10.1 Å². The second-order valence-corrected chi connectivity index (χ2v) is 7.13. The zero-order valence-corrected chi connectivity index (χ0v) is 12.7. The van der Waals surface area contributed by atoms with E-state index >= 15 is 0 Å². The molecule has 3 aliphatic rings. The molecule has 1 saturated carbocycles. The van der Waals surface area contributed by atoms with Gasteiger partial charge in [-0.2, -0.15) is 0 Å². The Hall–Kier alpha value is -0.120. The molecule has 1 aliphatic carbocycles. The van der Waals surface area contributed by atoms with E-state index in [1.165, 1.54) is 51.7 Å². The molecule has 3 unspecified atom stereocenters. The second kappa shape index (κ2) is 5.71. The molecule has 2 saturated heterocycles. The van der Waals surface area contributed by atoms with Crippen LogP contribution in [0.1, 0.15) is 46.0 Å². The highest BCUT2D eigenvalue weighted by atomic mass is 16.5. The van der Waals surface area contributed by atoms with Crippen molar-refractivity contribution in [2.45, 2.75) is 57.5 Å². The molecule has 3 rings (SSSR count). The Morgan fingerprint density at radius 1 is 1.32 bits per heavy atom. The van der Waals surface area contributed by atoms with Crippen molar-refractivity contribution in [1.82, 2.24) is 10.2 Å². The molecule has 0 aromatic carbocycles. The highest BCUT2D eigenvalue weighted by Crippen LogP contribution is 2.44. The average Bonchev–Trinajstić information content (AvgIpc) is 3.14. The fourth-order valence-electron chi connectivity index (χ4n) is 3.97. The Bertz CT molecular complexity index is 299. The van der Waals surface area contributed by atoms with Crippen LogP contribution in [0.15, 0.2) is 0 Å². The third-order valence-electron chi connectivity index (χ3n) is 5.51. The molecule has 0 amide bonds. The molecule has 3 nitrogen and oxygen atoms in total. The lowest BCUT2D eigenvalue weighted by molar-refractivity contribution is 0.0186. The van der Waals surface area contributed by atoms with E-state index in [1.54, 1.807) is 0 Å². The lowest BCUT2D eigenvalue weighted by atomic mass is 9.87. The number of rotatable bonds is 5. The van der Waals surface area contributed by atoms with Gasteiger partial charge in [0, 0.05) is 37.8 Å². The monoisotopic (exact) mass is 266 g/mol. The van der Waals surface area contributed by atoms with E-state index in [1.807, 2.05) is 0 Å². The average molecular weight is 266 g/mol. The normalized spacial score (nSPS) is 40.7. The topological polar surface area (TPSA) is 24.5 Å². The third kappa shape index (κ3) is 2.98. The van der Waals surface area contributed by atoms with E-state index in [-0.39, 0.29) is 0 Å². The van der Waals surface area contributed by atoms with Gasteiger partial charge in [0.2, 0.25) is 0 Å². The van der Waals surface area contributed by atoms with E-state index in [0.29, 0.717) is 11.6 Å². The molecule has 0 bridgehead atoms. The van der Waals surface area contributed by atoms with Gasteiger partial charge in [0.25, 0.3) is 0 Å². The summed E-state index contributed by atoms with van der Waals surface area (Å²) in [5.41, 5.74) is 0.410. The number of nitrogens with zero attached hydrogens (tertiary/aromatic N) is 1. The van der Waals surface area contributed by atoms with Gasteiger partial charge in [-0.25, -0.2) is 0 Å². The second-order valence-electron chi connectivity index (χ2n) is 7.13. The first-order valence-corrected chi connectivity index (χ1v) is 8.28. The predicted molar refractivity (Wildman–Crippen MR) is 78.3 cm³/mol. The van der Waals surface area contributed by atoms with Crippen LogP contribution in [0, 0.1) is 11.8 Å². The molecule has 0 spiro atoms. The first-order valence-electron chi connectivity index (χ1n) is 8.28. The van der Waals surface area contributed by atoms with Crippen LogP contribution in [0.2, 0.25) is 0 Å². The van der Waals surface area contributed by atoms with Gasteiger partial charge in [-0.1, -0.05) is 13.3 Å². The Morgan fingerprint density at radius 2 is 2.16 bits per heavy atom. The largest absolute Gasteiger partial charge is 0.381 e. The molecule has 3 atom stereocenters. The maximum absolute atomic E-state index is 5.57. The number of ether oxygens (including phenoxy) is 1. The van der Waals surface area contributed by atoms with E-state index < -0.39 is 0 Å². The van der Waals surface area contributed by atoms with Crippen LogP contribution in [0.3, 0.4) is 0 Å². The highest BCUT2D eigenvalue weighted by Gasteiger charge is 2.48. The number of piperazine rings is 1. The molecule has 110 valence electrons. The van der Waals surface area contributed by atoms with Gasteiger partial charge in [0.1, 0.15) is 0 Å². The third-order valence-corrected chi connectivity index (χ3v) is 5.51. The van der Waals surface area contributed by atoms with Gasteiger partial charge in [0.05, 0.1) is 6.61 Å². The zero-order chi connectivity index (χ0) is 13.3. The molecule has 0 radical (unpaired) electrons. The van der Waals surface area contributed by atoms with Gasteiger partial charge >= 0.3 is 0 Å². The maximum Gasteiger partial charge on any atom is 0.0507 e. The summed E-state index contributed by atoms with van der Waals surface area (Å²) >= 11 is 0. The zero-order valence-electron chi connectivity index (χ0n) is 12.7. The van der Waals surface area contributed by atoms with Crippen molar-refractivity contribution in [3.05, 3.63) is 0 Å². The van der Waals surface area contributed by atoms with Gasteiger partial charge in [0.15, 0.2) is 0 Å². The van der Waals surface area contributed by atoms with Crippen molar-refractivity contribution in [3.63, 3.8) is 0 Å². The smallest absolute Gasteiger partial charge is 0.0507 e. The molecule has 3 fully saturated rings. The Morgan fingerprint density at radius 3 is 2.79 bits per heavy atom. The van der Waals surface area contributed by atoms with Crippen LogP contribution >= 0.6 is 0 Å². The number of nitrogens with one attached hydrogen (secondary N) is 1. The lowest BCUT2D eigenvalue weighted by Crippen LogP contribution is -2.65. The Balaban J connectivity index is 1.65. The SMILES string of the molecule is CCCC1CN(CC2CCOC2)C(C)(C2CC2)CN1. The molecule has 2 heterocycles. The van der Waals surface area contributed by atoms with Crippen LogP contribution in [0.4, 0.5) is 0 Å². The minimum Gasteiger partial charge on any atom is -0.381 e. The lowest BCUT2D eigenvalue weighted by Gasteiger charge is -2.49. The molecule has 19 heavy (non-hydrogen) atoms. The van der Waals surface area contributed by atoms with E-state index in [4.69, 9.17) is 4.74 Å². The fourth-order valence-corrected chi connectivity index (χ4v) is 3.97. The summed E-state index contributed by atoms with van der Waals surface area (Å²) in [7, 11) is 0. The Kier molecular flexibility index (Phi) is 4.16. The summed E-state index contributed by atoms with van der Waals surface area (Å²) in [5.74, 6) is 1.71. The van der Waals surface area contributed by atoms with Crippen molar-refractivity contribution in [1.29, 1.82) is 0 Å². The van der Waals surface area contributed by atoms with Crippen molar-refractivity contribution in [2.75, 3.05) is 32.8 Å². The fraction of sp³-hybridized carbons (Fsp3) is 1.00. The van der Waals surface area contributed by atoms with Crippen LogP contribution in [0.5, 0.6) is 0 Å². The van der Waals surface area contributed by atoms with Gasteiger partial charge in [-0.15, -0.1) is 0 Å². The summed E-state index contributed by atoms with van der Waals surface area (Å²) in [5, 5.41) is 3.81. The predicted octanol–water partition coefficient (Wildman–Crippen LogP) is 2.27. The number of hydrogen-bond acceptors (Lipinski definition) is 3. The summed E-state index contributed by atoms with van der Waals surface area (Å²) < 4.78 is 5.57. The summed E-state index contributed by atoms with van der Waals surface area (Å²) in [6.07, 6.45) is 6.75. The van der Waals surface area contributed by atoms with Crippen molar-refractivity contribution in [2.24, 2.45) is 11.8 Å². The molecular weight excluding hydrogens is 236 g/mol. The van der Waals surface area contributed by atoms with Crippen molar-refractivity contribution < 1.29 is 4.74 Å². The Labute approximate surface area is 118 Å². The molecule has 1 N–H and O–H groups in total. The van der Waals surface area contributed by atoms with Crippen LogP contribution < -0.4 is 5.32 Å². The summed E-state index contributed by atoms with van der Waals surface area (Å²) in [4.78, 5) is 2.82. The molecule has 0 aromatic rings. The first kappa shape index (κ1) is 13.8. The van der Waals surface area contributed by atoms with Gasteiger partial charge in [-0.3, -0.25) is 4.90 Å². The summed E-state index contributed by atoms with van der Waals surface area (Å²) in [6, 6.07) is 0.708. The number of hydrogen-bond donors (Lipinski definition) is 1. The summed E-state index contributed by atoms with van der Waals surface area (Å²) in [6.45, 7) is 10.5. The molecule has 3 heteroatoms. The minimum absolute atomic E-state index is 0.410. The van der Waals surface area contributed by atoms with Gasteiger partial charge in [-0.05, 0) is 44.4 Å². The van der Waals surface area contributed by atoms with Crippen LogP contribution in [0.25, 0.3) is 0 Å². The molecular formula is C16H30N2O. The maximum atomic E-state index is 5.57. The van der Waals surface area contributed by atoms with Crippen molar-refractivity contribution in [3.8, 4) is 0 Å². The first-order chi connectivity index (χ1) is 9.22. The van der Waals surface area contributed by atoms with Crippen LogP contribution in [-0.4, -0.2) is 49.3 Å². The van der Waals surface area contributed by atoms with E-state index in [9.17, 15) is 0 Å². The molecule has 2 aliphatic heterocycles. The standard InChI is InChI=1S/C16H30N2O/c1-3-4-15-10-18(9-13-7-8-19-11-13)16(2,12-17-15)14-5-6-14/h13-15,17H,3-12H2,1-2H3. The van der Waals surface area contributed by atoms with Crippen molar-refractivity contribution >= 4 is 0 Å². The van der Waals surface area contributed by atoms with Crippen LogP contribution in [-0.2, 0) is 4.74 Å². The van der Waals surface area contributed by atoms with E-state index in [0.717, 1.165) is 25.0 Å². The highest BCUT2D eigenvalue weighted by molar-refractivity contribution is 5.05.